The highest BCUT2D eigenvalue weighted by Crippen LogP contribution is 2.26. The number of hydrogen-bond donors (Lipinski definition) is 1. The lowest BCUT2D eigenvalue weighted by Crippen LogP contribution is -2.00. The number of rotatable bonds is 3. The summed E-state index contributed by atoms with van der Waals surface area (Å²) in [7, 11) is 0. The lowest BCUT2D eigenvalue weighted by Gasteiger charge is -2.04. The Hall–Kier alpha value is -1.95. The van der Waals surface area contributed by atoms with Gasteiger partial charge in [0.15, 0.2) is 0 Å². The topological polar surface area (TPSA) is 83.2 Å². The fourth-order valence-electron chi connectivity index (χ4n) is 1.88. The van der Waals surface area contributed by atoms with Gasteiger partial charge in [-0.05, 0) is 6.07 Å². The van der Waals surface area contributed by atoms with Gasteiger partial charge in [0.05, 0.1) is 24.4 Å². The summed E-state index contributed by atoms with van der Waals surface area (Å²) in [4.78, 5) is 11.5. The Morgan fingerprint density at radius 1 is 1.47 bits per heavy atom. The van der Waals surface area contributed by atoms with Crippen molar-refractivity contribution in [2.24, 2.45) is 0 Å². The molecule has 6 nitrogen and oxygen atoms in total. The quantitative estimate of drug-likeness (QED) is 0.572. The highest BCUT2D eigenvalue weighted by molar-refractivity contribution is 14.1. The molecule has 3 aromatic rings. The zero-order valence-corrected chi connectivity index (χ0v) is 11.9. The number of nitrogens with zero attached hydrogens (tertiary/aromatic N) is 5. The maximum absolute atomic E-state index is 8.71. The van der Waals surface area contributed by atoms with E-state index in [2.05, 4.69) is 48.7 Å². The fourth-order valence-corrected chi connectivity index (χ4v) is 2.39. The number of halogens is 1. The van der Waals surface area contributed by atoms with Gasteiger partial charge in [0, 0.05) is 23.3 Å². The van der Waals surface area contributed by atoms with E-state index in [9.17, 15) is 0 Å². The highest BCUT2D eigenvalue weighted by Gasteiger charge is 2.12. The molecular weight excluding hydrogens is 355 g/mol. The first-order valence-corrected chi connectivity index (χ1v) is 6.88. The van der Waals surface area contributed by atoms with E-state index in [1.807, 2.05) is 18.5 Å². The molecular formula is C12H9IN6. The molecule has 19 heavy (non-hydrogen) atoms. The summed E-state index contributed by atoms with van der Waals surface area (Å²) >= 11 is 2.20. The number of aromatic amines is 1. The maximum Gasteiger partial charge on any atom is 0.141 e. The van der Waals surface area contributed by atoms with Crippen LogP contribution >= 0.6 is 22.6 Å². The fraction of sp³-hybridized carbons (Fsp3) is 0.167. The van der Waals surface area contributed by atoms with E-state index in [0.717, 1.165) is 22.3 Å². The van der Waals surface area contributed by atoms with Crippen LogP contribution in [-0.2, 0) is 0 Å². The average Bonchev–Trinajstić information content (AvgIpc) is 3.07. The normalized spacial score (nSPS) is 12.4. The number of H-pyrrole nitrogens is 1. The molecule has 3 rings (SSSR count). The van der Waals surface area contributed by atoms with Crippen LogP contribution in [0.2, 0.25) is 0 Å². The van der Waals surface area contributed by atoms with Gasteiger partial charge in [0.25, 0.3) is 0 Å². The second-order valence-electron chi connectivity index (χ2n) is 3.97. The lowest BCUT2D eigenvalue weighted by atomic mass is 10.2. The van der Waals surface area contributed by atoms with Gasteiger partial charge < -0.3 is 4.98 Å². The molecule has 0 bridgehead atoms. The predicted molar refractivity (Wildman–Crippen MR) is 78.4 cm³/mol. The molecule has 0 saturated heterocycles. The van der Waals surface area contributed by atoms with Crippen molar-refractivity contribution in [1.82, 2.24) is 24.7 Å². The first kappa shape index (κ1) is 12.1. The van der Waals surface area contributed by atoms with Crippen LogP contribution in [0.15, 0.2) is 31.0 Å². The minimum Gasteiger partial charge on any atom is -0.346 e. The van der Waals surface area contributed by atoms with Gasteiger partial charge in [-0.15, -0.1) is 0 Å². The van der Waals surface area contributed by atoms with Gasteiger partial charge in [0.1, 0.15) is 16.0 Å². The molecule has 3 aromatic heterocycles. The molecule has 1 atom stereocenters. The molecule has 0 aliphatic rings. The molecule has 0 aliphatic carbocycles. The summed E-state index contributed by atoms with van der Waals surface area (Å²) in [5.41, 5.74) is 2.57. The largest absolute Gasteiger partial charge is 0.346 e. The van der Waals surface area contributed by atoms with Gasteiger partial charge >= 0.3 is 0 Å². The van der Waals surface area contributed by atoms with Crippen molar-refractivity contribution in [3.8, 4) is 17.3 Å². The summed E-state index contributed by atoms with van der Waals surface area (Å²) in [6, 6.07) is 4.08. The van der Waals surface area contributed by atoms with Crippen molar-refractivity contribution in [3.63, 3.8) is 0 Å². The first-order valence-electron chi connectivity index (χ1n) is 5.63. The van der Waals surface area contributed by atoms with E-state index in [0.29, 0.717) is 6.42 Å². The van der Waals surface area contributed by atoms with Crippen LogP contribution in [0.1, 0.15) is 10.5 Å². The smallest absolute Gasteiger partial charge is 0.141 e. The molecule has 0 radical (unpaired) electrons. The third kappa shape index (κ3) is 2.19. The summed E-state index contributed by atoms with van der Waals surface area (Å²) in [5, 5.41) is 14.0. The molecule has 0 fully saturated rings. The molecule has 94 valence electrons. The van der Waals surface area contributed by atoms with Crippen LogP contribution in [0.4, 0.5) is 0 Å². The molecule has 0 aliphatic heterocycles. The molecule has 0 spiro atoms. The van der Waals surface area contributed by atoms with Crippen molar-refractivity contribution in [3.05, 3.63) is 31.0 Å². The summed E-state index contributed by atoms with van der Waals surface area (Å²) < 4.78 is 1.81. The molecule has 0 unspecified atom stereocenters. The first-order chi connectivity index (χ1) is 9.29. The number of aromatic nitrogens is 5. The molecule has 1 N–H and O–H groups in total. The Labute approximate surface area is 122 Å². The molecule has 3 heterocycles. The van der Waals surface area contributed by atoms with Crippen LogP contribution in [-0.4, -0.2) is 24.7 Å². The summed E-state index contributed by atoms with van der Waals surface area (Å²) in [5.74, 6) is 0. The van der Waals surface area contributed by atoms with Crippen molar-refractivity contribution >= 4 is 33.6 Å². The van der Waals surface area contributed by atoms with Crippen LogP contribution < -0.4 is 0 Å². The Kier molecular flexibility index (Phi) is 3.16. The van der Waals surface area contributed by atoms with Crippen molar-refractivity contribution < 1.29 is 0 Å². The van der Waals surface area contributed by atoms with Crippen molar-refractivity contribution in [2.75, 3.05) is 0 Å². The molecule has 0 saturated carbocycles. The standard InChI is InChI=1S/C12H9IN6/c13-10(1-3-14)19-6-8(5-18-19)11-9-2-4-15-12(9)17-7-16-11/h2,4-7,10H,1H2,(H,15,16,17)/t10-/m0/s1. The highest BCUT2D eigenvalue weighted by atomic mass is 127. The van der Waals surface area contributed by atoms with E-state index < -0.39 is 0 Å². The molecule has 0 aromatic carbocycles. The summed E-state index contributed by atoms with van der Waals surface area (Å²) in [6.45, 7) is 0. The van der Waals surface area contributed by atoms with Crippen LogP contribution in [0.5, 0.6) is 0 Å². The van der Waals surface area contributed by atoms with E-state index in [-0.39, 0.29) is 4.05 Å². The van der Waals surface area contributed by atoms with Gasteiger partial charge in [0.2, 0.25) is 0 Å². The Balaban J connectivity index is 2.03. The van der Waals surface area contributed by atoms with E-state index in [4.69, 9.17) is 5.26 Å². The Bertz CT molecular complexity index is 753. The third-order valence-corrected chi connectivity index (χ3v) is 3.79. The number of hydrogen-bond acceptors (Lipinski definition) is 4. The summed E-state index contributed by atoms with van der Waals surface area (Å²) in [6.07, 6.45) is 7.46. The van der Waals surface area contributed by atoms with Gasteiger partial charge in [-0.3, -0.25) is 4.68 Å². The maximum atomic E-state index is 8.71. The third-order valence-electron chi connectivity index (χ3n) is 2.78. The number of fused-ring (bicyclic) bond motifs is 1. The zero-order valence-electron chi connectivity index (χ0n) is 9.79. The van der Waals surface area contributed by atoms with Gasteiger partial charge in [-0.25, -0.2) is 9.97 Å². The lowest BCUT2D eigenvalue weighted by molar-refractivity contribution is 0.633. The number of nitriles is 1. The van der Waals surface area contributed by atoms with Gasteiger partial charge in [-0.2, -0.15) is 10.4 Å². The minimum absolute atomic E-state index is 0.0277. The second kappa shape index (κ2) is 4.97. The van der Waals surface area contributed by atoms with Crippen LogP contribution in [0.3, 0.4) is 0 Å². The van der Waals surface area contributed by atoms with Crippen molar-refractivity contribution in [2.45, 2.75) is 10.5 Å². The Morgan fingerprint density at radius 2 is 2.37 bits per heavy atom. The number of alkyl halides is 1. The second-order valence-corrected chi connectivity index (χ2v) is 5.41. The predicted octanol–water partition coefficient (Wildman–Crippen LogP) is 2.67. The zero-order chi connectivity index (χ0) is 13.2. The Morgan fingerprint density at radius 3 is 3.21 bits per heavy atom. The van der Waals surface area contributed by atoms with E-state index in [1.165, 1.54) is 6.33 Å². The van der Waals surface area contributed by atoms with Gasteiger partial charge in [-0.1, -0.05) is 22.6 Å². The van der Waals surface area contributed by atoms with Crippen molar-refractivity contribution in [1.29, 1.82) is 5.26 Å². The van der Waals surface area contributed by atoms with E-state index in [1.54, 1.807) is 10.9 Å². The van der Waals surface area contributed by atoms with E-state index >= 15 is 0 Å². The monoisotopic (exact) mass is 364 g/mol. The minimum atomic E-state index is 0.0277. The number of nitrogens with one attached hydrogen (secondary N) is 1. The SMILES string of the molecule is N#CC[C@@H](I)n1cc(-c2ncnc3[nH]ccc23)cn1. The van der Waals surface area contributed by atoms with Crippen LogP contribution in [0, 0.1) is 11.3 Å². The molecule has 7 heteroatoms. The van der Waals surface area contributed by atoms with Crippen LogP contribution in [0.25, 0.3) is 22.3 Å². The average molecular weight is 364 g/mol. The molecule has 0 amide bonds.